The molecule has 0 unspecified atom stereocenters. The first-order chi connectivity index (χ1) is 10.5. The number of benzene rings is 1. The average molecular weight is 306 g/mol. The van der Waals surface area contributed by atoms with Gasteiger partial charge >= 0.3 is 0 Å². The second kappa shape index (κ2) is 9.59. The molecule has 0 spiro atoms. The van der Waals surface area contributed by atoms with E-state index in [4.69, 9.17) is 4.74 Å². The number of nitrogens with zero attached hydrogens (tertiary/aromatic N) is 2. The van der Waals surface area contributed by atoms with Crippen LogP contribution in [0.1, 0.15) is 33.3 Å². The van der Waals surface area contributed by atoms with Crippen molar-refractivity contribution in [3.63, 3.8) is 0 Å². The number of hydrogen-bond acceptors (Lipinski definition) is 3. The van der Waals surface area contributed by atoms with Crippen molar-refractivity contribution in [3.8, 4) is 0 Å². The minimum atomic E-state index is 0.178. The lowest BCUT2D eigenvalue weighted by atomic mass is 10.2. The molecule has 4 heteroatoms. The molecule has 0 heterocycles. The summed E-state index contributed by atoms with van der Waals surface area (Å²) in [4.78, 5) is 16.7. The molecule has 124 valence electrons. The van der Waals surface area contributed by atoms with E-state index in [-0.39, 0.29) is 18.0 Å². The Labute approximate surface area is 135 Å². The van der Waals surface area contributed by atoms with E-state index in [1.54, 1.807) is 7.11 Å². The highest BCUT2D eigenvalue weighted by Crippen LogP contribution is 2.09. The van der Waals surface area contributed by atoms with E-state index in [1.165, 1.54) is 5.56 Å². The van der Waals surface area contributed by atoms with Crippen LogP contribution in [0.15, 0.2) is 30.3 Å². The van der Waals surface area contributed by atoms with Gasteiger partial charge in [0.15, 0.2) is 0 Å². The molecule has 1 aromatic rings. The summed E-state index contributed by atoms with van der Waals surface area (Å²) < 4.78 is 5.18. The van der Waals surface area contributed by atoms with Crippen LogP contribution >= 0.6 is 0 Å². The van der Waals surface area contributed by atoms with Gasteiger partial charge < -0.3 is 9.64 Å². The van der Waals surface area contributed by atoms with Crippen LogP contribution in [0.3, 0.4) is 0 Å². The number of carbonyl (C=O) groups excluding carboxylic acids is 1. The molecule has 0 aliphatic rings. The summed E-state index contributed by atoms with van der Waals surface area (Å²) in [7, 11) is 1.69. The zero-order chi connectivity index (χ0) is 16.5. The fourth-order valence-corrected chi connectivity index (χ4v) is 2.72. The van der Waals surface area contributed by atoms with Crippen LogP contribution in [-0.4, -0.2) is 54.6 Å². The van der Waals surface area contributed by atoms with Gasteiger partial charge in [-0.05, 0) is 33.3 Å². The van der Waals surface area contributed by atoms with Gasteiger partial charge in [0.1, 0.15) is 0 Å². The summed E-state index contributed by atoms with van der Waals surface area (Å²) in [6.07, 6.45) is 0. The highest BCUT2D eigenvalue weighted by atomic mass is 16.5. The highest BCUT2D eigenvalue weighted by Gasteiger charge is 2.22. The lowest BCUT2D eigenvalue weighted by Crippen LogP contribution is -2.47. The van der Waals surface area contributed by atoms with E-state index in [0.29, 0.717) is 13.2 Å². The monoisotopic (exact) mass is 306 g/mol. The minimum Gasteiger partial charge on any atom is -0.383 e. The molecule has 0 aliphatic carbocycles. The number of rotatable bonds is 9. The normalized spacial score (nSPS) is 11.5. The van der Waals surface area contributed by atoms with Crippen LogP contribution in [0.25, 0.3) is 0 Å². The second-order valence-corrected chi connectivity index (χ2v) is 6.18. The first-order valence-electron chi connectivity index (χ1n) is 8.02. The van der Waals surface area contributed by atoms with E-state index in [2.05, 4.69) is 44.7 Å². The predicted molar refractivity (Wildman–Crippen MR) is 90.7 cm³/mol. The van der Waals surface area contributed by atoms with E-state index >= 15 is 0 Å². The molecule has 1 aromatic carbocycles. The van der Waals surface area contributed by atoms with Gasteiger partial charge in [0, 0.05) is 32.3 Å². The van der Waals surface area contributed by atoms with E-state index in [9.17, 15) is 4.79 Å². The first kappa shape index (κ1) is 18.7. The van der Waals surface area contributed by atoms with Crippen LogP contribution in [0.2, 0.25) is 0 Å². The predicted octanol–water partition coefficient (Wildman–Crippen LogP) is 2.78. The molecule has 0 bridgehead atoms. The molecule has 1 amide bonds. The van der Waals surface area contributed by atoms with Crippen molar-refractivity contribution in [2.24, 2.45) is 0 Å². The average Bonchev–Trinajstić information content (AvgIpc) is 2.45. The Balaban J connectivity index is 2.73. The summed E-state index contributed by atoms with van der Waals surface area (Å²) in [5.74, 6) is 0.178. The van der Waals surface area contributed by atoms with E-state index in [0.717, 1.165) is 13.1 Å². The number of carbonyl (C=O) groups is 1. The van der Waals surface area contributed by atoms with Gasteiger partial charge in [-0.15, -0.1) is 0 Å². The molecule has 0 saturated heterocycles. The Morgan fingerprint density at radius 2 is 1.68 bits per heavy atom. The molecule has 0 radical (unpaired) electrons. The summed E-state index contributed by atoms with van der Waals surface area (Å²) >= 11 is 0. The standard InChI is InChI=1S/C18H30N2O2/c1-15(2)20(16(3)4)18(21)14-19(11-12-22-5)13-17-9-7-6-8-10-17/h6-10,15-16H,11-14H2,1-5H3. The number of ether oxygens (including phenoxy) is 1. The molecule has 1 rings (SSSR count). The van der Waals surface area contributed by atoms with Gasteiger partial charge in [0.05, 0.1) is 13.2 Å². The third-order valence-electron chi connectivity index (χ3n) is 3.62. The molecule has 22 heavy (non-hydrogen) atoms. The smallest absolute Gasteiger partial charge is 0.237 e. The van der Waals surface area contributed by atoms with Gasteiger partial charge in [-0.2, -0.15) is 0 Å². The maximum atomic E-state index is 12.6. The SMILES string of the molecule is COCCN(CC(=O)N(C(C)C)C(C)C)Cc1ccccc1. The molecule has 0 saturated carbocycles. The Morgan fingerprint density at radius 3 is 2.18 bits per heavy atom. The van der Waals surface area contributed by atoms with E-state index in [1.807, 2.05) is 23.1 Å². The quantitative estimate of drug-likeness (QED) is 0.703. The van der Waals surface area contributed by atoms with Crippen molar-refractivity contribution >= 4 is 5.91 Å². The zero-order valence-electron chi connectivity index (χ0n) is 14.6. The topological polar surface area (TPSA) is 32.8 Å². The molecule has 4 nitrogen and oxygen atoms in total. The maximum Gasteiger partial charge on any atom is 0.237 e. The Morgan fingerprint density at radius 1 is 1.09 bits per heavy atom. The zero-order valence-corrected chi connectivity index (χ0v) is 14.6. The highest BCUT2D eigenvalue weighted by molar-refractivity contribution is 5.78. The van der Waals surface area contributed by atoms with Crippen molar-refractivity contribution < 1.29 is 9.53 Å². The van der Waals surface area contributed by atoms with Gasteiger partial charge in [-0.3, -0.25) is 9.69 Å². The molecule has 0 fully saturated rings. The van der Waals surface area contributed by atoms with Gasteiger partial charge in [0.2, 0.25) is 5.91 Å². The fourth-order valence-electron chi connectivity index (χ4n) is 2.72. The van der Waals surface area contributed by atoms with Gasteiger partial charge in [-0.1, -0.05) is 30.3 Å². The van der Waals surface area contributed by atoms with Crippen LogP contribution < -0.4 is 0 Å². The lowest BCUT2D eigenvalue weighted by molar-refractivity contribution is -0.136. The van der Waals surface area contributed by atoms with Crippen molar-refractivity contribution in [1.82, 2.24) is 9.80 Å². The van der Waals surface area contributed by atoms with Crippen LogP contribution in [0.5, 0.6) is 0 Å². The number of methoxy groups -OCH3 is 1. The third kappa shape index (κ3) is 6.16. The maximum absolute atomic E-state index is 12.6. The van der Waals surface area contributed by atoms with Crippen LogP contribution in [0, 0.1) is 0 Å². The van der Waals surface area contributed by atoms with Crippen LogP contribution in [-0.2, 0) is 16.1 Å². The van der Waals surface area contributed by atoms with Gasteiger partial charge in [-0.25, -0.2) is 0 Å². The van der Waals surface area contributed by atoms with Crippen molar-refractivity contribution in [3.05, 3.63) is 35.9 Å². The summed E-state index contributed by atoms with van der Waals surface area (Å²) in [6.45, 7) is 10.8. The first-order valence-corrected chi connectivity index (χ1v) is 8.02. The van der Waals surface area contributed by atoms with Crippen molar-refractivity contribution in [2.75, 3.05) is 26.8 Å². The van der Waals surface area contributed by atoms with Crippen molar-refractivity contribution in [2.45, 2.75) is 46.3 Å². The molecule has 0 atom stereocenters. The second-order valence-electron chi connectivity index (χ2n) is 6.18. The van der Waals surface area contributed by atoms with Gasteiger partial charge in [0.25, 0.3) is 0 Å². The molecule has 0 aromatic heterocycles. The Bertz CT molecular complexity index is 424. The van der Waals surface area contributed by atoms with E-state index < -0.39 is 0 Å². The molecule has 0 aliphatic heterocycles. The van der Waals surface area contributed by atoms with Crippen molar-refractivity contribution in [1.29, 1.82) is 0 Å². The molecular weight excluding hydrogens is 276 g/mol. The Hall–Kier alpha value is -1.39. The minimum absolute atomic E-state index is 0.178. The van der Waals surface area contributed by atoms with Crippen LogP contribution in [0.4, 0.5) is 0 Å². The molecular formula is C18H30N2O2. The Kier molecular flexibility index (Phi) is 8.13. The number of hydrogen-bond donors (Lipinski definition) is 0. The number of amides is 1. The summed E-state index contributed by atoms with van der Waals surface area (Å²) in [5.41, 5.74) is 1.21. The molecule has 0 N–H and O–H groups in total. The largest absolute Gasteiger partial charge is 0.383 e. The summed E-state index contributed by atoms with van der Waals surface area (Å²) in [6, 6.07) is 10.7. The third-order valence-corrected chi connectivity index (χ3v) is 3.62. The summed E-state index contributed by atoms with van der Waals surface area (Å²) in [5, 5.41) is 0. The fraction of sp³-hybridized carbons (Fsp3) is 0.611. The lowest BCUT2D eigenvalue weighted by Gasteiger charge is -2.33.